The quantitative estimate of drug-likeness (QED) is 0.535. The van der Waals surface area contributed by atoms with Gasteiger partial charge in [-0.15, -0.1) is 0 Å². The summed E-state index contributed by atoms with van der Waals surface area (Å²) in [5.74, 6) is 0.142. The van der Waals surface area contributed by atoms with E-state index in [2.05, 4.69) is 22.6 Å². The summed E-state index contributed by atoms with van der Waals surface area (Å²) in [5.41, 5.74) is 1.92. The molecule has 1 nitrogen and oxygen atoms in total. The number of halogens is 1. The van der Waals surface area contributed by atoms with Gasteiger partial charge in [0.25, 0.3) is 0 Å². The number of carbonyl (C=O) groups excluding carboxylic acids is 1. The minimum absolute atomic E-state index is 0.142. The zero-order valence-corrected chi connectivity index (χ0v) is 12.4. The molecule has 3 heteroatoms. The van der Waals surface area contributed by atoms with Crippen LogP contribution in [0.5, 0.6) is 0 Å². The summed E-state index contributed by atoms with van der Waals surface area (Å²) in [6, 6.07) is 17.8. The van der Waals surface area contributed by atoms with Crippen LogP contribution in [-0.2, 0) is 0 Å². The molecule has 1 aliphatic rings. The van der Waals surface area contributed by atoms with Crippen LogP contribution in [0.4, 0.5) is 0 Å². The van der Waals surface area contributed by atoms with Crippen LogP contribution in [0.1, 0.15) is 15.9 Å². The highest BCUT2D eigenvalue weighted by Gasteiger charge is 2.27. The molecular weight excluding hydrogens is 355 g/mol. The molecule has 0 N–H and O–H groups in total. The SMILES string of the molecule is O=C1/C(=C(/I)c2ccccc2)Sc2ccccc21. The van der Waals surface area contributed by atoms with Gasteiger partial charge in [-0.1, -0.05) is 54.2 Å². The minimum Gasteiger partial charge on any atom is -0.288 e. The number of benzene rings is 2. The molecule has 0 saturated heterocycles. The average molecular weight is 364 g/mol. The Morgan fingerprint density at radius 2 is 1.61 bits per heavy atom. The summed E-state index contributed by atoms with van der Waals surface area (Å²) in [7, 11) is 0. The standard InChI is InChI=1S/C15H9IOS/c16-13(10-6-2-1-3-7-10)15-14(17)11-8-4-5-9-12(11)18-15/h1-9H/b15-13-. The van der Waals surface area contributed by atoms with Gasteiger partial charge < -0.3 is 0 Å². The van der Waals surface area contributed by atoms with E-state index < -0.39 is 0 Å². The molecule has 2 aromatic carbocycles. The molecular formula is C15H9IOS. The highest BCUT2D eigenvalue weighted by atomic mass is 127. The van der Waals surface area contributed by atoms with Gasteiger partial charge in [0.1, 0.15) is 0 Å². The molecule has 0 unspecified atom stereocenters. The van der Waals surface area contributed by atoms with Crippen LogP contribution in [0.3, 0.4) is 0 Å². The number of hydrogen-bond acceptors (Lipinski definition) is 2. The zero-order chi connectivity index (χ0) is 12.5. The summed E-state index contributed by atoms with van der Waals surface area (Å²) in [6.07, 6.45) is 0. The Labute approximate surface area is 123 Å². The molecule has 0 aliphatic carbocycles. The number of rotatable bonds is 1. The topological polar surface area (TPSA) is 17.1 Å². The Kier molecular flexibility index (Phi) is 3.26. The number of ketones is 1. The van der Waals surface area contributed by atoms with E-state index in [4.69, 9.17) is 0 Å². The van der Waals surface area contributed by atoms with Crippen LogP contribution in [0, 0.1) is 0 Å². The largest absolute Gasteiger partial charge is 0.288 e. The molecule has 0 amide bonds. The Hall–Kier alpha value is -1.07. The van der Waals surface area contributed by atoms with Crippen molar-refractivity contribution in [1.82, 2.24) is 0 Å². The third-order valence-corrected chi connectivity index (χ3v) is 5.47. The number of Topliss-reactive ketones (excluding diaryl/α,β-unsaturated/α-hetero) is 1. The normalized spacial score (nSPS) is 16.6. The molecule has 0 atom stereocenters. The zero-order valence-electron chi connectivity index (χ0n) is 9.39. The highest BCUT2D eigenvalue weighted by Crippen LogP contribution is 2.45. The fourth-order valence-electron chi connectivity index (χ4n) is 1.88. The lowest BCUT2D eigenvalue weighted by Gasteiger charge is -2.02. The monoisotopic (exact) mass is 364 g/mol. The van der Waals surface area contributed by atoms with Gasteiger partial charge in [0.15, 0.2) is 0 Å². The maximum atomic E-state index is 12.3. The van der Waals surface area contributed by atoms with E-state index in [0.717, 1.165) is 24.5 Å². The van der Waals surface area contributed by atoms with Gasteiger partial charge in [-0.3, -0.25) is 4.79 Å². The van der Waals surface area contributed by atoms with Crippen LogP contribution < -0.4 is 0 Å². The van der Waals surface area contributed by atoms with E-state index in [1.807, 2.05) is 54.6 Å². The lowest BCUT2D eigenvalue weighted by molar-refractivity contribution is 0.104. The van der Waals surface area contributed by atoms with E-state index in [1.54, 1.807) is 11.8 Å². The van der Waals surface area contributed by atoms with Gasteiger partial charge in [0.2, 0.25) is 5.78 Å². The molecule has 1 aliphatic heterocycles. The summed E-state index contributed by atoms with van der Waals surface area (Å²) in [6.45, 7) is 0. The Bertz CT molecular complexity index is 647. The van der Waals surface area contributed by atoms with E-state index in [0.29, 0.717) is 0 Å². The molecule has 0 fully saturated rings. The Balaban J connectivity index is 2.09. The molecule has 0 radical (unpaired) electrons. The fraction of sp³-hybridized carbons (Fsp3) is 0. The van der Waals surface area contributed by atoms with Crippen molar-refractivity contribution in [2.75, 3.05) is 0 Å². The van der Waals surface area contributed by atoms with Gasteiger partial charge in [-0.2, -0.15) is 0 Å². The van der Waals surface area contributed by atoms with Crippen molar-refractivity contribution in [2.45, 2.75) is 4.90 Å². The predicted octanol–water partition coefficient (Wildman–Crippen LogP) is 4.78. The van der Waals surface area contributed by atoms with Crippen molar-refractivity contribution < 1.29 is 4.79 Å². The van der Waals surface area contributed by atoms with Gasteiger partial charge in [-0.25, -0.2) is 0 Å². The lowest BCUT2D eigenvalue weighted by atomic mass is 10.1. The molecule has 0 spiro atoms. The van der Waals surface area contributed by atoms with Crippen LogP contribution in [-0.4, -0.2) is 5.78 Å². The predicted molar refractivity (Wildman–Crippen MR) is 84.0 cm³/mol. The first kappa shape index (κ1) is 12.0. The summed E-state index contributed by atoms with van der Waals surface area (Å²) in [4.78, 5) is 14.2. The van der Waals surface area contributed by atoms with E-state index in [1.165, 1.54) is 0 Å². The number of carbonyl (C=O) groups is 1. The molecule has 2 aromatic rings. The van der Waals surface area contributed by atoms with Crippen molar-refractivity contribution in [3.63, 3.8) is 0 Å². The number of hydrogen-bond donors (Lipinski definition) is 0. The van der Waals surface area contributed by atoms with Crippen LogP contribution >= 0.6 is 34.4 Å². The molecule has 18 heavy (non-hydrogen) atoms. The molecule has 0 bridgehead atoms. The number of thioether (sulfide) groups is 1. The van der Waals surface area contributed by atoms with Gasteiger partial charge >= 0.3 is 0 Å². The average Bonchev–Trinajstić information content (AvgIpc) is 2.77. The van der Waals surface area contributed by atoms with Gasteiger partial charge in [0, 0.05) is 14.0 Å². The second-order valence-electron chi connectivity index (χ2n) is 3.94. The molecule has 3 rings (SSSR count). The third-order valence-electron chi connectivity index (χ3n) is 2.78. The second-order valence-corrected chi connectivity index (χ2v) is 6.07. The first-order chi connectivity index (χ1) is 8.77. The van der Waals surface area contributed by atoms with E-state index in [9.17, 15) is 4.79 Å². The van der Waals surface area contributed by atoms with Crippen LogP contribution in [0.25, 0.3) is 3.58 Å². The maximum absolute atomic E-state index is 12.3. The minimum atomic E-state index is 0.142. The Morgan fingerprint density at radius 1 is 0.944 bits per heavy atom. The highest BCUT2D eigenvalue weighted by molar-refractivity contribution is 14.1. The number of fused-ring (bicyclic) bond motifs is 1. The number of allylic oxidation sites excluding steroid dienone is 1. The molecule has 0 saturated carbocycles. The third kappa shape index (κ3) is 2.01. The molecule has 0 aromatic heterocycles. The first-order valence-corrected chi connectivity index (χ1v) is 7.43. The van der Waals surface area contributed by atoms with Crippen molar-refractivity contribution >= 4 is 43.7 Å². The van der Waals surface area contributed by atoms with E-state index in [-0.39, 0.29) is 5.78 Å². The Morgan fingerprint density at radius 3 is 2.33 bits per heavy atom. The summed E-state index contributed by atoms with van der Waals surface area (Å²) in [5, 5.41) is 0. The van der Waals surface area contributed by atoms with Crippen molar-refractivity contribution in [3.8, 4) is 0 Å². The maximum Gasteiger partial charge on any atom is 0.201 e. The lowest BCUT2D eigenvalue weighted by Crippen LogP contribution is -1.95. The fourth-order valence-corrected chi connectivity index (χ4v) is 3.86. The smallest absolute Gasteiger partial charge is 0.201 e. The summed E-state index contributed by atoms with van der Waals surface area (Å²) >= 11 is 3.83. The van der Waals surface area contributed by atoms with Crippen molar-refractivity contribution in [1.29, 1.82) is 0 Å². The molecule has 88 valence electrons. The van der Waals surface area contributed by atoms with Crippen molar-refractivity contribution in [2.24, 2.45) is 0 Å². The van der Waals surface area contributed by atoms with Crippen LogP contribution in [0.2, 0.25) is 0 Å². The van der Waals surface area contributed by atoms with Gasteiger partial charge in [-0.05, 0) is 40.3 Å². The first-order valence-electron chi connectivity index (χ1n) is 5.54. The molecule has 1 heterocycles. The van der Waals surface area contributed by atoms with Gasteiger partial charge in [0.05, 0.1) is 4.91 Å². The summed E-state index contributed by atoms with van der Waals surface area (Å²) < 4.78 is 1.03. The second kappa shape index (κ2) is 4.90. The van der Waals surface area contributed by atoms with Crippen molar-refractivity contribution in [3.05, 3.63) is 70.6 Å². The van der Waals surface area contributed by atoms with Crippen LogP contribution in [0.15, 0.2) is 64.4 Å². The van der Waals surface area contributed by atoms with E-state index >= 15 is 0 Å².